The first-order chi connectivity index (χ1) is 7.58. The molecule has 0 saturated heterocycles. The number of rotatable bonds is 1. The molecule has 0 amide bonds. The molecule has 0 radical (unpaired) electrons. The molecule has 2 aromatic rings. The van der Waals surface area contributed by atoms with Crippen LogP contribution in [0.5, 0.6) is 5.75 Å². The van der Waals surface area contributed by atoms with Gasteiger partial charge in [0, 0.05) is 5.69 Å². The van der Waals surface area contributed by atoms with Crippen LogP contribution in [0.4, 0.5) is 5.95 Å². The first kappa shape index (κ1) is 10.7. The lowest BCUT2D eigenvalue weighted by atomic mass is 10.1. The molecule has 0 atom stereocenters. The van der Waals surface area contributed by atoms with Crippen LogP contribution in [0.3, 0.4) is 0 Å². The topological polar surface area (TPSA) is 72.0 Å². The molecule has 1 aromatic heterocycles. The Labute approximate surface area is 97.7 Å². The third-order valence-electron chi connectivity index (χ3n) is 2.12. The summed E-state index contributed by atoms with van der Waals surface area (Å²) < 4.78 is 0. The summed E-state index contributed by atoms with van der Waals surface area (Å²) in [4.78, 5) is 8.01. The van der Waals surface area contributed by atoms with Gasteiger partial charge in [-0.05, 0) is 25.1 Å². The third kappa shape index (κ3) is 1.92. The van der Waals surface area contributed by atoms with Gasteiger partial charge in [-0.15, -0.1) is 0 Å². The summed E-state index contributed by atoms with van der Waals surface area (Å²) in [6.45, 7) is 1.80. The molecule has 0 bridgehead atoms. The number of aryl methyl sites for hydroxylation is 1. The summed E-state index contributed by atoms with van der Waals surface area (Å²) in [7, 11) is 0. The lowest BCUT2D eigenvalue weighted by molar-refractivity contribution is 0.477. The molecule has 2 rings (SSSR count). The molecule has 0 spiro atoms. The fraction of sp³-hybridized carbons (Fsp3) is 0.0909. The fourth-order valence-corrected chi connectivity index (χ4v) is 1.75. The van der Waals surface area contributed by atoms with Crippen molar-refractivity contribution in [1.82, 2.24) is 9.97 Å². The summed E-state index contributed by atoms with van der Waals surface area (Å²) >= 11 is 6.01. The number of anilines is 1. The predicted molar refractivity (Wildman–Crippen MR) is 63.3 cm³/mol. The van der Waals surface area contributed by atoms with Crippen molar-refractivity contribution in [2.45, 2.75) is 6.92 Å². The van der Waals surface area contributed by atoms with E-state index in [0.717, 1.165) is 5.69 Å². The number of nitrogen functional groups attached to an aromatic ring is 1. The van der Waals surface area contributed by atoms with Crippen molar-refractivity contribution < 1.29 is 5.11 Å². The number of aromatic hydroxyl groups is 1. The number of hydrogen-bond donors (Lipinski definition) is 2. The van der Waals surface area contributed by atoms with Crippen LogP contribution in [0.2, 0.25) is 5.02 Å². The van der Waals surface area contributed by atoms with E-state index in [2.05, 4.69) is 9.97 Å². The second-order valence-corrected chi connectivity index (χ2v) is 3.79. The smallest absolute Gasteiger partial charge is 0.220 e. The Morgan fingerprint density at radius 3 is 2.69 bits per heavy atom. The minimum Gasteiger partial charge on any atom is -0.507 e. The number of phenols is 1. The maximum Gasteiger partial charge on any atom is 0.220 e. The van der Waals surface area contributed by atoms with E-state index < -0.39 is 0 Å². The lowest BCUT2D eigenvalue weighted by Gasteiger charge is -2.07. The van der Waals surface area contributed by atoms with Gasteiger partial charge in [-0.1, -0.05) is 17.7 Å². The Kier molecular flexibility index (Phi) is 2.66. The molecule has 0 aliphatic heterocycles. The quantitative estimate of drug-likeness (QED) is 0.796. The lowest BCUT2D eigenvalue weighted by Crippen LogP contribution is -1.98. The minimum atomic E-state index is 0.0741. The molecule has 1 heterocycles. The van der Waals surface area contributed by atoms with Crippen LogP contribution >= 0.6 is 11.6 Å². The van der Waals surface area contributed by atoms with Gasteiger partial charge in [-0.3, -0.25) is 0 Å². The van der Waals surface area contributed by atoms with Gasteiger partial charge in [-0.25, -0.2) is 9.97 Å². The summed E-state index contributed by atoms with van der Waals surface area (Å²) in [5.41, 5.74) is 7.27. The van der Waals surface area contributed by atoms with Crippen LogP contribution in [-0.2, 0) is 0 Å². The average molecular weight is 236 g/mol. The zero-order chi connectivity index (χ0) is 11.7. The van der Waals surface area contributed by atoms with Crippen molar-refractivity contribution >= 4 is 17.5 Å². The maximum absolute atomic E-state index is 9.74. The SMILES string of the molecule is Cc1cc(-c2c(O)cccc2Cl)nc(N)n1. The number of hydrogen-bond acceptors (Lipinski definition) is 4. The van der Waals surface area contributed by atoms with Gasteiger partial charge in [0.05, 0.1) is 16.3 Å². The van der Waals surface area contributed by atoms with Crippen LogP contribution in [0, 0.1) is 6.92 Å². The highest BCUT2D eigenvalue weighted by atomic mass is 35.5. The molecule has 1 aromatic carbocycles. The normalized spacial score (nSPS) is 10.4. The molecule has 0 unspecified atom stereocenters. The van der Waals surface area contributed by atoms with Crippen LogP contribution in [0.25, 0.3) is 11.3 Å². The Morgan fingerprint density at radius 2 is 2.06 bits per heavy atom. The van der Waals surface area contributed by atoms with E-state index in [1.807, 2.05) is 0 Å². The maximum atomic E-state index is 9.74. The molecule has 0 aliphatic rings. The van der Waals surface area contributed by atoms with Crippen molar-refractivity contribution in [2.24, 2.45) is 0 Å². The molecular weight excluding hydrogens is 226 g/mol. The predicted octanol–water partition coefficient (Wildman–Crippen LogP) is 2.39. The number of benzene rings is 1. The second kappa shape index (κ2) is 3.98. The zero-order valence-electron chi connectivity index (χ0n) is 8.61. The molecule has 0 fully saturated rings. The molecule has 82 valence electrons. The van der Waals surface area contributed by atoms with E-state index in [9.17, 15) is 5.11 Å². The van der Waals surface area contributed by atoms with Crippen molar-refractivity contribution in [2.75, 3.05) is 5.73 Å². The Balaban J connectivity index is 2.67. The van der Waals surface area contributed by atoms with Gasteiger partial charge >= 0.3 is 0 Å². The highest BCUT2D eigenvalue weighted by molar-refractivity contribution is 6.33. The number of nitrogens with two attached hydrogens (primary N) is 1. The molecule has 0 aliphatic carbocycles. The van der Waals surface area contributed by atoms with Crippen molar-refractivity contribution in [3.8, 4) is 17.0 Å². The number of aromatic nitrogens is 2. The van der Waals surface area contributed by atoms with Crippen molar-refractivity contribution in [3.05, 3.63) is 35.0 Å². The van der Waals surface area contributed by atoms with Gasteiger partial charge in [0.1, 0.15) is 5.75 Å². The number of phenolic OH excluding ortho intramolecular Hbond substituents is 1. The number of nitrogens with zero attached hydrogens (tertiary/aromatic N) is 2. The van der Waals surface area contributed by atoms with Crippen LogP contribution < -0.4 is 5.73 Å². The average Bonchev–Trinajstić information content (AvgIpc) is 2.15. The Morgan fingerprint density at radius 1 is 1.31 bits per heavy atom. The van der Waals surface area contributed by atoms with Gasteiger partial charge in [-0.2, -0.15) is 0 Å². The van der Waals surface area contributed by atoms with Crippen molar-refractivity contribution in [1.29, 1.82) is 0 Å². The minimum absolute atomic E-state index is 0.0741. The first-order valence-electron chi connectivity index (χ1n) is 4.67. The molecule has 4 nitrogen and oxygen atoms in total. The van der Waals surface area contributed by atoms with Crippen LogP contribution in [0.15, 0.2) is 24.3 Å². The monoisotopic (exact) mass is 235 g/mol. The molecular formula is C11H10ClN3O. The zero-order valence-corrected chi connectivity index (χ0v) is 9.36. The van der Waals surface area contributed by atoms with Gasteiger partial charge in [0.2, 0.25) is 5.95 Å². The van der Waals surface area contributed by atoms with Gasteiger partial charge in [0.15, 0.2) is 0 Å². The van der Waals surface area contributed by atoms with Crippen molar-refractivity contribution in [3.63, 3.8) is 0 Å². The standard InChI is InChI=1S/C11H10ClN3O/c1-6-5-8(15-11(13)14-6)10-7(12)3-2-4-9(10)16/h2-5,16H,1H3,(H2,13,14,15). The van der Waals surface area contributed by atoms with Crippen LogP contribution in [0.1, 0.15) is 5.69 Å². The summed E-state index contributed by atoms with van der Waals surface area (Å²) in [6.07, 6.45) is 0. The van der Waals surface area contributed by atoms with Crippen LogP contribution in [-0.4, -0.2) is 15.1 Å². The molecule has 3 N–H and O–H groups in total. The van der Waals surface area contributed by atoms with E-state index in [4.69, 9.17) is 17.3 Å². The third-order valence-corrected chi connectivity index (χ3v) is 2.43. The van der Waals surface area contributed by atoms with E-state index in [1.54, 1.807) is 31.2 Å². The fourth-order valence-electron chi connectivity index (χ4n) is 1.49. The first-order valence-corrected chi connectivity index (χ1v) is 5.05. The Bertz CT molecular complexity index is 502. The molecule has 5 heteroatoms. The van der Waals surface area contributed by atoms with Gasteiger partial charge in [0.25, 0.3) is 0 Å². The summed E-state index contributed by atoms with van der Waals surface area (Å²) in [5, 5.41) is 10.2. The van der Waals surface area contributed by atoms with Gasteiger partial charge < -0.3 is 10.8 Å². The highest BCUT2D eigenvalue weighted by Crippen LogP contribution is 2.34. The summed E-state index contributed by atoms with van der Waals surface area (Å²) in [5.74, 6) is 0.235. The number of halogens is 1. The second-order valence-electron chi connectivity index (χ2n) is 3.39. The van der Waals surface area contributed by atoms with E-state index >= 15 is 0 Å². The Hall–Kier alpha value is -1.81. The molecule has 0 saturated carbocycles. The largest absolute Gasteiger partial charge is 0.507 e. The van der Waals surface area contributed by atoms with E-state index in [1.165, 1.54) is 0 Å². The molecule has 16 heavy (non-hydrogen) atoms. The highest BCUT2D eigenvalue weighted by Gasteiger charge is 2.11. The summed E-state index contributed by atoms with van der Waals surface area (Å²) in [6, 6.07) is 6.62. The van der Waals surface area contributed by atoms with E-state index in [0.29, 0.717) is 16.3 Å². The van der Waals surface area contributed by atoms with E-state index in [-0.39, 0.29) is 11.7 Å².